The zero-order valence-electron chi connectivity index (χ0n) is 67.6. The summed E-state index contributed by atoms with van der Waals surface area (Å²) in [5.41, 5.74) is -0.249. The van der Waals surface area contributed by atoms with E-state index >= 15 is 0 Å². The van der Waals surface area contributed by atoms with Gasteiger partial charge in [-0.3, -0.25) is 9.59 Å². The number of hydrogen-bond acceptors (Lipinski definition) is 12. The third-order valence-corrected chi connectivity index (χ3v) is 24.9. The van der Waals surface area contributed by atoms with Crippen LogP contribution in [0.4, 0.5) is 0 Å². The SMILES string of the molecule is CCCCCCCCCCCCCCCCOC(=O)C(=Cc1ccc(OC(=O)C23C4C5C2C2C3C4C52C(=O)Oc2ccc(C=C(C(=O)OCCCCCCCCCCCCCCCC)C(=O)OCCCCCCCCCCCCCCCC)cc2)cc1)C(=O)OCCCCCCCCCCCCCCCC. The van der Waals surface area contributed by atoms with Gasteiger partial charge < -0.3 is 28.4 Å². The van der Waals surface area contributed by atoms with E-state index in [2.05, 4.69) is 27.7 Å². The van der Waals surface area contributed by atoms with E-state index in [1.807, 2.05) is 0 Å². The zero-order chi connectivity index (χ0) is 75.1. The van der Waals surface area contributed by atoms with Crippen molar-refractivity contribution < 1.29 is 57.2 Å². The highest BCUT2D eigenvalue weighted by atomic mass is 16.6. The summed E-state index contributed by atoms with van der Waals surface area (Å²) in [6, 6.07) is 13.8. The first kappa shape index (κ1) is 88.0. The molecule has 0 unspecified atom stereocenters. The molecule has 0 aliphatic heterocycles. The number of unbranched alkanes of at least 4 members (excludes halogenated alkanes) is 52. The second-order valence-electron chi connectivity index (χ2n) is 33.0. The van der Waals surface area contributed by atoms with Crippen LogP contribution in [0, 0.1) is 46.3 Å². The zero-order valence-corrected chi connectivity index (χ0v) is 67.6. The van der Waals surface area contributed by atoms with Crippen molar-refractivity contribution in [2.45, 2.75) is 387 Å². The Hall–Kier alpha value is -5.26. The Kier molecular flexibility index (Phi) is 43.2. The largest absolute Gasteiger partial charge is 0.462 e. The molecule has 0 atom stereocenters. The van der Waals surface area contributed by atoms with Gasteiger partial charge in [0.2, 0.25) is 0 Å². The standard InChI is InChI=1S/C94H148O12/c1-5-9-13-17-21-25-29-33-37-41-45-49-53-57-69-101-87(95)79(88(96)102-70-58-54-50-46-42-38-34-30-26-22-18-14-10-6-2)73-75-61-65-77(66-62-75)105-91(99)93-81-84-82(93)86-83(93)85(81)94(84,86)92(100)106-78-67-63-76(64-68-78)74-80(89(97)103-71-59-55-51-47-43-39-35-31-27-23-19-15-11-7-3)90(98)104-72-60-56-52-48-44-40-36-32-28-24-20-16-12-8-4/h61-68,73-74,81-86H,5-60,69-72H2,1-4H3. The molecule has 6 fully saturated rings. The fourth-order valence-electron chi connectivity index (χ4n) is 18.9. The Morgan fingerprint density at radius 2 is 0.406 bits per heavy atom. The molecule has 6 aliphatic carbocycles. The van der Waals surface area contributed by atoms with Crippen LogP contribution in [-0.2, 0) is 47.7 Å². The third-order valence-electron chi connectivity index (χ3n) is 24.9. The van der Waals surface area contributed by atoms with E-state index in [1.165, 1.54) is 295 Å². The highest BCUT2D eigenvalue weighted by molar-refractivity contribution is 6.18. The molecule has 0 radical (unpaired) electrons. The van der Waals surface area contributed by atoms with Crippen LogP contribution in [0.15, 0.2) is 59.7 Å². The monoisotopic (exact) mass is 1470 g/mol. The van der Waals surface area contributed by atoms with Gasteiger partial charge in [0.25, 0.3) is 0 Å². The molecule has 0 aromatic heterocycles. The summed E-state index contributed by atoms with van der Waals surface area (Å²) in [7, 11) is 0. The fourth-order valence-corrected chi connectivity index (χ4v) is 18.9. The van der Waals surface area contributed by atoms with Crippen molar-refractivity contribution in [2.24, 2.45) is 46.3 Å². The molecule has 0 N–H and O–H groups in total. The third kappa shape index (κ3) is 27.0. The molecule has 0 bridgehead atoms. The molecular weight excluding hydrogens is 1320 g/mol. The Morgan fingerprint density at radius 1 is 0.245 bits per heavy atom. The maximum atomic E-state index is 14.2. The van der Waals surface area contributed by atoms with Gasteiger partial charge in [-0.2, -0.15) is 0 Å². The smallest absolute Gasteiger partial charge is 0.345 e. The van der Waals surface area contributed by atoms with E-state index in [4.69, 9.17) is 28.4 Å². The predicted octanol–water partition coefficient (Wildman–Crippen LogP) is 25.8. The Labute approximate surface area is 644 Å². The van der Waals surface area contributed by atoms with Crippen LogP contribution < -0.4 is 9.47 Å². The lowest BCUT2D eigenvalue weighted by Crippen LogP contribution is -3.12. The fraction of sp³-hybridized carbons (Fsp3) is 0.766. The second kappa shape index (κ2) is 52.0. The van der Waals surface area contributed by atoms with Crippen LogP contribution in [0.5, 0.6) is 11.5 Å². The maximum absolute atomic E-state index is 14.2. The predicted molar refractivity (Wildman–Crippen MR) is 431 cm³/mol. The highest BCUT2D eigenvalue weighted by Crippen LogP contribution is 3.10. The second-order valence-corrected chi connectivity index (χ2v) is 33.0. The first-order chi connectivity index (χ1) is 52.1. The average molecular weight is 1470 g/mol. The number of esters is 6. The molecule has 6 saturated carbocycles. The lowest BCUT2D eigenvalue weighted by Gasteiger charge is -3.08. The van der Waals surface area contributed by atoms with Crippen LogP contribution in [0.1, 0.15) is 398 Å². The molecule has 12 heteroatoms. The number of hydrogen-bond donors (Lipinski definition) is 0. The van der Waals surface area contributed by atoms with E-state index in [0.29, 0.717) is 22.6 Å². The van der Waals surface area contributed by atoms with Gasteiger partial charge in [0.15, 0.2) is 0 Å². The van der Waals surface area contributed by atoms with Crippen molar-refractivity contribution in [1.82, 2.24) is 0 Å². The number of carbonyl (C=O) groups is 6. The summed E-state index contributed by atoms with van der Waals surface area (Å²) in [4.78, 5) is 82.9. The van der Waals surface area contributed by atoms with Gasteiger partial charge in [-0.25, -0.2) is 19.2 Å². The van der Waals surface area contributed by atoms with Gasteiger partial charge in [-0.05, 0) is 109 Å². The molecule has 106 heavy (non-hydrogen) atoms. The molecule has 0 saturated heterocycles. The molecule has 0 heterocycles. The molecule has 6 aliphatic rings. The summed E-state index contributed by atoms with van der Waals surface area (Å²) in [5.74, 6) is -1.93. The summed E-state index contributed by atoms with van der Waals surface area (Å²) < 4.78 is 35.1. The Balaban J connectivity index is 0.843. The van der Waals surface area contributed by atoms with E-state index in [9.17, 15) is 28.8 Å². The number of ether oxygens (including phenoxy) is 6. The van der Waals surface area contributed by atoms with Crippen molar-refractivity contribution >= 4 is 48.0 Å². The van der Waals surface area contributed by atoms with E-state index < -0.39 is 34.7 Å². The summed E-state index contributed by atoms with van der Waals surface area (Å²) in [6.45, 7) is 10.00. The minimum Gasteiger partial charge on any atom is -0.462 e. The molecule has 596 valence electrons. The number of benzene rings is 2. The Bertz CT molecular complexity index is 2510. The first-order valence-electron chi connectivity index (χ1n) is 44.9. The van der Waals surface area contributed by atoms with Gasteiger partial charge in [0.1, 0.15) is 22.6 Å². The molecule has 12 nitrogen and oxygen atoms in total. The normalized spacial score (nSPS) is 20.0. The van der Waals surface area contributed by atoms with Crippen LogP contribution in [0.3, 0.4) is 0 Å². The van der Waals surface area contributed by atoms with Crippen molar-refractivity contribution in [3.63, 3.8) is 0 Å². The summed E-state index contributed by atoms with van der Waals surface area (Å²) in [6.07, 6.45) is 71.9. The maximum Gasteiger partial charge on any atom is 0.345 e. The molecular formula is C94H148O12. The minimum absolute atomic E-state index is 0.0950. The number of rotatable bonds is 70. The topological polar surface area (TPSA) is 158 Å². The average Bonchev–Trinajstić information content (AvgIpc) is 0.547. The van der Waals surface area contributed by atoms with Gasteiger partial charge in [0.05, 0.1) is 37.3 Å². The highest BCUT2D eigenvalue weighted by Gasteiger charge is 3.14. The van der Waals surface area contributed by atoms with Crippen molar-refractivity contribution in [2.75, 3.05) is 26.4 Å². The van der Waals surface area contributed by atoms with Gasteiger partial charge in [0, 0.05) is 0 Å². The van der Waals surface area contributed by atoms with Crippen LogP contribution in [0.25, 0.3) is 12.2 Å². The van der Waals surface area contributed by atoms with Crippen molar-refractivity contribution in [3.05, 3.63) is 70.8 Å². The van der Waals surface area contributed by atoms with E-state index in [0.717, 1.165) is 77.0 Å². The molecule has 2 aromatic rings. The Morgan fingerprint density at radius 3 is 0.575 bits per heavy atom. The summed E-state index contributed by atoms with van der Waals surface area (Å²) in [5, 5.41) is 0. The first-order valence-corrected chi connectivity index (χ1v) is 44.9. The lowest BCUT2D eigenvalue weighted by atomic mass is 8.92. The van der Waals surface area contributed by atoms with Gasteiger partial charge >= 0.3 is 35.8 Å². The van der Waals surface area contributed by atoms with Crippen molar-refractivity contribution in [3.8, 4) is 11.5 Å². The quantitative estimate of drug-likeness (QED) is 0.0118. The minimum atomic E-state index is -0.692. The van der Waals surface area contributed by atoms with Gasteiger partial charge in [-0.1, -0.05) is 386 Å². The summed E-state index contributed by atoms with van der Waals surface area (Å²) >= 11 is 0. The lowest BCUT2D eigenvalue weighted by molar-refractivity contribution is -0.627. The molecule has 0 spiro atoms. The molecule has 8 rings (SSSR count). The van der Waals surface area contributed by atoms with Crippen LogP contribution >= 0.6 is 0 Å². The van der Waals surface area contributed by atoms with Crippen molar-refractivity contribution in [1.29, 1.82) is 0 Å². The number of carbonyl (C=O) groups excluding carboxylic acids is 6. The van der Waals surface area contributed by atoms with Gasteiger partial charge in [-0.15, -0.1) is 0 Å². The van der Waals surface area contributed by atoms with E-state index in [-0.39, 0.29) is 85.0 Å². The van der Waals surface area contributed by atoms with Crippen LogP contribution in [0.2, 0.25) is 0 Å². The molecule has 2 aromatic carbocycles. The van der Waals surface area contributed by atoms with E-state index in [1.54, 1.807) is 48.5 Å². The molecule has 0 amide bonds. The van der Waals surface area contributed by atoms with Crippen LogP contribution in [-0.4, -0.2) is 62.2 Å².